The van der Waals surface area contributed by atoms with E-state index in [1.165, 1.54) is 0 Å². The minimum atomic E-state index is -0.213. The summed E-state index contributed by atoms with van der Waals surface area (Å²) in [6.07, 6.45) is 9.51. The van der Waals surface area contributed by atoms with Crippen molar-refractivity contribution in [2.45, 2.75) is 44.6 Å². The van der Waals surface area contributed by atoms with Crippen LogP contribution in [-0.2, 0) is 4.79 Å². The number of terminal acetylenes is 1. The van der Waals surface area contributed by atoms with Crippen molar-refractivity contribution in [1.82, 2.24) is 4.90 Å². The van der Waals surface area contributed by atoms with Gasteiger partial charge in [0.2, 0.25) is 5.91 Å². The van der Waals surface area contributed by atoms with Crippen LogP contribution in [0.2, 0.25) is 0 Å². The van der Waals surface area contributed by atoms with Gasteiger partial charge in [0.05, 0.1) is 6.10 Å². The van der Waals surface area contributed by atoms with Gasteiger partial charge in [-0.15, -0.1) is 12.3 Å². The fourth-order valence-corrected chi connectivity index (χ4v) is 1.78. The van der Waals surface area contributed by atoms with E-state index >= 15 is 0 Å². The maximum Gasteiger partial charge on any atom is 0.222 e. The standard InChI is InChI=1S/C12H19NO2/c1-2-3-4-5-6-12(15)13-9-7-11(14)8-10-13/h1,11,14H,3-10H2. The molecule has 0 aromatic heterocycles. The molecular formula is C12H19NO2. The lowest BCUT2D eigenvalue weighted by atomic mass is 10.1. The third-order valence-electron chi connectivity index (χ3n) is 2.78. The van der Waals surface area contributed by atoms with Crippen LogP contribution in [0.25, 0.3) is 0 Å². The molecule has 0 atom stereocenters. The lowest BCUT2D eigenvalue weighted by molar-refractivity contribution is -0.133. The molecule has 1 heterocycles. The summed E-state index contributed by atoms with van der Waals surface area (Å²) in [5.74, 6) is 2.78. The van der Waals surface area contributed by atoms with E-state index < -0.39 is 0 Å². The number of amides is 1. The topological polar surface area (TPSA) is 40.5 Å². The number of hydrogen-bond acceptors (Lipinski definition) is 2. The maximum atomic E-state index is 11.7. The number of unbranched alkanes of at least 4 members (excludes halogenated alkanes) is 2. The largest absolute Gasteiger partial charge is 0.393 e. The average molecular weight is 209 g/mol. The monoisotopic (exact) mass is 209 g/mol. The molecule has 1 aliphatic heterocycles. The summed E-state index contributed by atoms with van der Waals surface area (Å²) in [6, 6.07) is 0. The van der Waals surface area contributed by atoms with Crippen molar-refractivity contribution in [3.05, 3.63) is 0 Å². The molecule has 0 radical (unpaired) electrons. The Labute approximate surface area is 91.5 Å². The molecule has 0 spiro atoms. The number of carbonyl (C=O) groups is 1. The van der Waals surface area contributed by atoms with Crippen LogP contribution < -0.4 is 0 Å². The van der Waals surface area contributed by atoms with Crippen LogP contribution in [-0.4, -0.2) is 35.1 Å². The molecule has 0 aliphatic carbocycles. The molecule has 15 heavy (non-hydrogen) atoms. The van der Waals surface area contributed by atoms with Gasteiger partial charge in [0.15, 0.2) is 0 Å². The molecule has 3 nitrogen and oxygen atoms in total. The van der Waals surface area contributed by atoms with E-state index in [2.05, 4.69) is 5.92 Å². The van der Waals surface area contributed by atoms with Gasteiger partial charge in [0.25, 0.3) is 0 Å². The molecule has 0 bridgehead atoms. The zero-order chi connectivity index (χ0) is 11.1. The third-order valence-corrected chi connectivity index (χ3v) is 2.78. The molecule has 0 aromatic carbocycles. The number of aliphatic hydroxyl groups excluding tert-OH is 1. The lowest BCUT2D eigenvalue weighted by Crippen LogP contribution is -2.39. The van der Waals surface area contributed by atoms with Gasteiger partial charge in [-0.25, -0.2) is 0 Å². The van der Waals surface area contributed by atoms with Gasteiger partial charge < -0.3 is 10.0 Å². The van der Waals surface area contributed by atoms with Gasteiger partial charge in [0, 0.05) is 25.9 Å². The summed E-state index contributed by atoms with van der Waals surface area (Å²) >= 11 is 0. The number of nitrogens with zero attached hydrogens (tertiary/aromatic N) is 1. The molecular weight excluding hydrogens is 190 g/mol. The van der Waals surface area contributed by atoms with Crippen LogP contribution in [0, 0.1) is 12.3 Å². The number of carbonyl (C=O) groups excluding carboxylic acids is 1. The Kier molecular flexibility index (Phi) is 5.20. The molecule has 1 N–H and O–H groups in total. The van der Waals surface area contributed by atoms with Crippen molar-refractivity contribution in [3.8, 4) is 12.3 Å². The van der Waals surface area contributed by atoms with E-state index in [9.17, 15) is 9.90 Å². The van der Waals surface area contributed by atoms with Gasteiger partial charge >= 0.3 is 0 Å². The highest BCUT2D eigenvalue weighted by atomic mass is 16.3. The molecule has 0 unspecified atom stereocenters. The van der Waals surface area contributed by atoms with E-state index in [-0.39, 0.29) is 12.0 Å². The normalized spacial score (nSPS) is 17.5. The minimum Gasteiger partial charge on any atom is -0.393 e. The average Bonchev–Trinajstić information content (AvgIpc) is 2.25. The van der Waals surface area contributed by atoms with E-state index in [1.54, 1.807) is 0 Å². The number of aliphatic hydroxyl groups is 1. The number of likely N-dealkylation sites (tertiary alicyclic amines) is 1. The minimum absolute atomic E-state index is 0.207. The Morgan fingerprint density at radius 3 is 2.67 bits per heavy atom. The van der Waals surface area contributed by atoms with Gasteiger partial charge in [-0.3, -0.25) is 4.79 Å². The van der Waals surface area contributed by atoms with Crippen LogP contribution in [0.4, 0.5) is 0 Å². The molecule has 1 aliphatic rings. The third kappa shape index (κ3) is 4.35. The van der Waals surface area contributed by atoms with E-state index in [0.717, 1.165) is 32.1 Å². The molecule has 1 rings (SSSR count). The van der Waals surface area contributed by atoms with E-state index in [4.69, 9.17) is 6.42 Å². The first kappa shape index (κ1) is 12.1. The summed E-state index contributed by atoms with van der Waals surface area (Å²) in [5, 5.41) is 9.29. The van der Waals surface area contributed by atoms with E-state index in [0.29, 0.717) is 19.5 Å². The van der Waals surface area contributed by atoms with Gasteiger partial charge in [-0.2, -0.15) is 0 Å². The summed E-state index contributed by atoms with van der Waals surface area (Å²) in [7, 11) is 0. The first-order valence-electron chi connectivity index (χ1n) is 5.63. The Morgan fingerprint density at radius 2 is 2.07 bits per heavy atom. The fraction of sp³-hybridized carbons (Fsp3) is 0.750. The van der Waals surface area contributed by atoms with Crippen LogP contribution in [0.5, 0.6) is 0 Å². The zero-order valence-electron chi connectivity index (χ0n) is 9.11. The Bertz CT molecular complexity index is 236. The Balaban J connectivity index is 2.14. The number of hydrogen-bond donors (Lipinski definition) is 1. The van der Waals surface area contributed by atoms with E-state index in [1.807, 2.05) is 4.90 Å². The first-order chi connectivity index (χ1) is 7.24. The van der Waals surface area contributed by atoms with Gasteiger partial charge in [0.1, 0.15) is 0 Å². The van der Waals surface area contributed by atoms with Gasteiger partial charge in [-0.1, -0.05) is 0 Å². The zero-order valence-corrected chi connectivity index (χ0v) is 9.11. The predicted molar refractivity (Wildman–Crippen MR) is 59.1 cm³/mol. The Hall–Kier alpha value is -1.01. The number of piperidine rings is 1. The summed E-state index contributed by atoms with van der Waals surface area (Å²) in [4.78, 5) is 13.5. The summed E-state index contributed by atoms with van der Waals surface area (Å²) in [5.41, 5.74) is 0. The highest BCUT2D eigenvalue weighted by molar-refractivity contribution is 5.76. The molecule has 1 saturated heterocycles. The molecule has 1 amide bonds. The van der Waals surface area contributed by atoms with Crippen LogP contribution in [0.3, 0.4) is 0 Å². The van der Waals surface area contributed by atoms with Crippen LogP contribution in [0.1, 0.15) is 38.5 Å². The van der Waals surface area contributed by atoms with Crippen molar-refractivity contribution in [2.75, 3.05) is 13.1 Å². The molecule has 1 fully saturated rings. The van der Waals surface area contributed by atoms with Crippen LogP contribution >= 0.6 is 0 Å². The quantitative estimate of drug-likeness (QED) is 0.557. The lowest BCUT2D eigenvalue weighted by Gasteiger charge is -2.29. The SMILES string of the molecule is C#CCCCCC(=O)N1CCC(O)CC1. The summed E-state index contributed by atoms with van der Waals surface area (Å²) in [6.45, 7) is 1.41. The Morgan fingerprint density at radius 1 is 1.40 bits per heavy atom. The fourth-order valence-electron chi connectivity index (χ4n) is 1.78. The summed E-state index contributed by atoms with van der Waals surface area (Å²) < 4.78 is 0. The molecule has 3 heteroatoms. The second-order valence-electron chi connectivity index (χ2n) is 4.02. The van der Waals surface area contributed by atoms with Crippen molar-refractivity contribution >= 4 is 5.91 Å². The van der Waals surface area contributed by atoms with Crippen molar-refractivity contribution in [2.24, 2.45) is 0 Å². The van der Waals surface area contributed by atoms with Crippen molar-refractivity contribution in [3.63, 3.8) is 0 Å². The van der Waals surface area contributed by atoms with Gasteiger partial charge in [-0.05, 0) is 25.7 Å². The molecule has 0 aromatic rings. The van der Waals surface area contributed by atoms with Crippen LogP contribution in [0.15, 0.2) is 0 Å². The first-order valence-corrected chi connectivity index (χ1v) is 5.63. The van der Waals surface area contributed by atoms with Crippen molar-refractivity contribution < 1.29 is 9.90 Å². The maximum absolute atomic E-state index is 11.7. The highest BCUT2D eigenvalue weighted by Crippen LogP contribution is 2.12. The van der Waals surface area contributed by atoms with Crippen molar-refractivity contribution in [1.29, 1.82) is 0 Å². The molecule has 0 saturated carbocycles. The number of rotatable bonds is 4. The predicted octanol–water partition coefficient (Wildman–Crippen LogP) is 1.16. The second-order valence-corrected chi connectivity index (χ2v) is 4.02. The smallest absolute Gasteiger partial charge is 0.222 e. The second kappa shape index (κ2) is 6.47. The molecule has 84 valence electrons. The highest BCUT2D eigenvalue weighted by Gasteiger charge is 2.20.